The Morgan fingerprint density at radius 1 is 0.966 bits per heavy atom. The Labute approximate surface area is 346 Å². The molecule has 8 rings (SSSR count). The quantitative estimate of drug-likeness (QED) is 0.0863. The molecule has 3 aromatic carbocycles. The molecule has 59 heavy (non-hydrogen) atoms. The second kappa shape index (κ2) is 16.9. The highest BCUT2D eigenvalue weighted by molar-refractivity contribution is 6.33. The predicted molar refractivity (Wildman–Crippen MR) is 224 cm³/mol. The molecule has 3 aliphatic heterocycles. The van der Waals surface area contributed by atoms with Crippen molar-refractivity contribution in [2.24, 2.45) is 0 Å². The summed E-state index contributed by atoms with van der Waals surface area (Å²) in [6.45, 7) is 1.58. The molecule has 304 valence electrons. The number of piperidine rings is 2. The molecule has 3 N–H and O–H groups in total. The topological polar surface area (TPSA) is 170 Å². The van der Waals surface area contributed by atoms with Crippen LogP contribution in [-0.4, -0.2) is 93.6 Å². The number of ether oxygens (including phenoxy) is 1. The molecule has 2 saturated heterocycles. The van der Waals surface area contributed by atoms with E-state index in [1.54, 1.807) is 25.4 Å². The number of imide groups is 2. The van der Waals surface area contributed by atoms with Gasteiger partial charge >= 0.3 is 0 Å². The van der Waals surface area contributed by atoms with Gasteiger partial charge < -0.3 is 24.8 Å². The minimum Gasteiger partial charge on any atom is -0.494 e. The van der Waals surface area contributed by atoms with Crippen molar-refractivity contribution in [3.8, 4) is 17.0 Å². The van der Waals surface area contributed by atoms with Gasteiger partial charge in [0.1, 0.15) is 11.8 Å². The number of aryl methyl sites for hydroxylation is 1. The fourth-order valence-corrected chi connectivity index (χ4v) is 8.63. The van der Waals surface area contributed by atoms with Gasteiger partial charge in [0.15, 0.2) is 0 Å². The van der Waals surface area contributed by atoms with Gasteiger partial charge in [-0.05, 0) is 68.4 Å². The number of para-hydroxylation sites is 1. The third-order valence-corrected chi connectivity index (χ3v) is 12.0. The number of rotatable bonds is 13. The first-order valence-electron chi connectivity index (χ1n) is 20.0. The summed E-state index contributed by atoms with van der Waals surface area (Å²) in [6.07, 6.45) is 8.57. The van der Waals surface area contributed by atoms with Gasteiger partial charge in [-0.15, -0.1) is 0 Å². The number of nitrogens with one attached hydrogen (secondary N) is 3. The van der Waals surface area contributed by atoms with E-state index in [-0.39, 0.29) is 30.4 Å². The summed E-state index contributed by atoms with van der Waals surface area (Å²) in [5.74, 6) is -0.880. The largest absolute Gasteiger partial charge is 0.494 e. The number of nitrogens with zero attached hydrogens (tertiary/aromatic N) is 5. The zero-order chi connectivity index (χ0) is 41.2. The van der Waals surface area contributed by atoms with E-state index in [1.165, 1.54) is 0 Å². The maximum absolute atomic E-state index is 13.4. The molecular weight excluding hydrogens is 772 g/mol. The lowest BCUT2D eigenvalue weighted by molar-refractivity contribution is -0.136. The van der Waals surface area contributed by atoms with Crippen LogP contribution in [-0.2, 0) is 20.8 Å². The first-order valence-corrected chi connectivity index (χ1v) is 20.4. The molecule has 0 spiro atoms. The average molecular weight is 817 g/mol. The van der Waals surface area contributed by atoms with E-state index in [4.69, 9.17) is 21.3 Å². The molecule has 1 atom stereocenters. The highest BCUT2D eigenvalue weighted by Gasteiger charge is 2.45. The fraction of sp³-hybridized carbons (Fsp3) is 0.341. The molecule has 2 fully saturated rings. The minimum atomic E-state index is -0.995. The van der Waals surface area contributed by atoms with Crippen molar-refractivity contribution in [2.75, 3.05) is 37.5 Å². The van der Waals surface area contributed by atoms with Crippen molar-refractivity contribution < 1.29 is 28.7 Å². The molecule has 5 aromatic rings. The van der Waals surface area contributed by atoms with Crippen LogP contribution in [0, 0.1) is 0 Å². The van der Waals surface area contributed by atoms with Gasteiger partial charge in [-0.3, -0.25) is 34.2 Å². The minimum absolute atomic E-state index is 0.0748. The van der Waals surface area contributed by atoms with Crippen molar-refractivity contribution in [2.45, 2.75) is 69.9 Å². The average Bonchev–Trinajstić information content (AvgIpc) is 3.79. The Hall–Kier alpha value is -6.28. The van der Waals surface area contributed by atoms with Crippen molar-refractivity contribution in [1.29, 1.82) is 0 Å². The summed E-state index contributed by atoms with van der Waals surface area (Å²) < 4.78 is 5.78. The van der Waals surface area contributed by atoms with Crippen LogP contribution in [0.3, 0.4) is 0 Å². The van der Waals surface area contributed by atoms with E-state index in [1.807, 2.05) is 66.7 Å². The molecule has 3 aliphatic rings. The van der Waals surface area contributed by atoms with Crippen LogP contribution in [0.2, 0.25) is 5.02 Å². The fourth-order valence-electron chi connectivity index (χ4n) is 8.44. The van der Waals surface area contributed by atoms with Crippen LogP contribution in [0.15, 0.2) is 73.1 Å². The van der Waals surface area contributed by atoms with Gasteiger partial charge in [0.25, 0.3) is 11.8 Å². The molecule has 5 heterocycles. The van der Waals surface area contributed by atoms with Crippen LogP contribution >= 0.6 is 11.6 Å². The Morgan fingerprint density at radius 3 is 2.58 bits per heavy atom. The second-order valence-corrected chi connectivity index (χ2v) is 15.6. The zero-order valence-corrected chi connectivity index (χ0v) is 33.7. The van der Waals surface area contributed by atoms with Crippen LogP contribution in [0.4, 0.5) is 17.3 Å². The second-order valence-electron chi connectivity index (χ2n) is 15.2. The standard InChI is InChI=1S/C44H45ClN8O6/c1-51(38(55)14-5-3-4-9-26-10-8-12-30-39(26)43(58)53(42(30)57)35-17-18-37(54)49-41(35)56)27-19-21-52(22-20-27)28-15-16-34(36(23-28)59-2)48-44-47-25-32(45)40(50-44)31-24-46-33-13-7-6-11-29(31)33/h6-8,10-13,15-16,23-25,27,35,46H,3-5,9,14,17-22H2,1-2H3,(H,47,48,50)(H,49,54,56). The van der Waals surface area contributed by atoms with Gasteiger partial charge in [-0.1, -0.05) is 48.4 Å². The Bertz CT molecular complexity index is 2460. The first-order chi connectivity index (χ1) is 28.6. The number of carbonyl (C=O) groups excluding carboxylic acids is 5. The van der Waals surface area contributed by atoms with Gasteiger partial charge in [-0.2, -0.15) is 0 Å². The van der Waals surface area contributed by atoms with Crippen molar-refractivity contribution in [3.63, 3.8) is 0 Å². The molecule has 1 unspecified atom stereocenters. The zero-order valence-electron chi connectivity index (χ0n) is 32.9. The number of halogens is 1. The summed E-state index contributed by atoms with van der Waals surface area (Å²) >= 11 is 6.55. The molecule has 0 bridgehead atoms. The third-order valence-electron chi connectivity index (χ3n) is 11.7. The van der Waals surface area contributed by atoms with Crippen LogP contribution < -0.4 is 20.3 Å². The number of hydrogen-bond acceptors (Lipinski definition) is 10. The number of carbonyl (C=O) groups is 5. The van der Waals surface area contributed by atoms with Crippen molar-refractivity contribution >= 4 is 69.4 Å². The summed E-state index contributed by atoms with van der Waals surface area (Å²) in [5.41, 5.74) is 5.61. The van der Waals surface area contributed by atoms with Crippen LogP contribution in [0.25, 0.3) is 22.2 Å². The van der Waals surface area contributed by atoms with E-state index < -0.39 is 29.7 Å². The van der Waals surface area contributed by atoms with Gasteiger partial charge in [0, 0.05) is 73.4 Å². The normalized spacial score (nSPS) is 17.0. The number of unbranched alkanes of at least 4 members (excludes halogenated alkanes) is 2. The number of aromatic nitrogens is 3. The third kappa shape index (κ3) is 7.96. The van der Waals surface area contributed by atoms with E-state index in [0.29, 0.717) is 47.2 Å². The Morgan fingerprint density at radius 2 is 1.78 bits per heavy atom. The number of methoxy groups -OCH3 is 1. The van der Waals surface area contributed by atoms with Gasteiger partial charge in [-0.25, -0.2) is 9.97 Å². The summed E-state index contributed by atoms with van der Waals surface area (Å²) in [5, 5.41) is 7.00. The number of fused-ring (bicyclic) bond motifs is 2. The number of H-pyrrole nitrogens is 1. The van der Waals surface area contributed by atoms with E-state index in [9.17, 15) is 24.0 Å². The van der Waals surface area contributed by atoms with Gasteiger partial charge in [0.2, 0.25) is 23.7 Å². The number of benzene rings is 3. The summed E-state index contributed by atoms with van der Waals surface area (Å²) in [7, 11) is 3.52. The predicted octanol–water partition coefficient (Wildman–Crippen LogP) is 6.66. The maximum atomic E-state index is 13.4. The number of hydrogen-bond donors (Lipinski definition) is 3. The van der Waals surface area contributed by atoms with Crippen LogP contribution in [0.5, 0.6) is 5.75 Å². The lowest BCUT2D eigenvalue weighted by Gasteiger charge is -2.38. The molecular formula is C44H45ClN8O6. The van der Waals surface area contributed by atoms with E-state index in [0.717, 1.165) is 77.1 Å². The van der Waals surface area contributed by atoms with Crippen molar-refractivity contribution in [3.05, 3.63) is 94.8 Å². The molecule has 14 nitrogen and oxygen atoms in total. The summed E-state index contributed by atoms with van der Waals surface area (Å²) in [6, 6.07) is 18.3. The SMILES string of the molecule is COc1cc(N2CCC(N(C)C(=O)CCCCCc3cccc4c3C(=O)N(C3CCC(=O)NC3=O)C4=O)CC2)ccc1Nc1ncc(Cl)c(-c2c[nH]c3ccccc23)n1. The van der Waals surface area contributed by atoms with Crippen LogP contribution in [0.1, 0.15) is 77.6 Å². The number of anilines is 3. The highest BCUT2D eigenvalue weighted by atomic mass is 35.5. The van der Waals surface area contributed by atoms with E-state index >= 15 is 0 Å². The Kier molecular flexibility index (Phi) is 11.3. The monoisotopic (exact) mass is 816 g/mol. The number of aromatic amines is 1. The van der Waals surface area contributed by atoms with Gasteiger partial charge in [0.05, 0.1) is 40.8 Å². The molecule has 0 radical (unpaired) electrons. The first kappa shape index (κ1) is 39.5. The Balaban J connectivity index is 0.807. The molecule has 5 amide bonds. The summed E-state index contributed by atoms with van der Waals surface area (Å²) in [4.78, 5) is 81.6. The number of amides is 5. The smallest absolute Gasteiger partial charge is 0.262 e. The molecule has 15 heteroatoms. The van der Waals surface area contributed by atoms with E-state index in [2.05, 4.69) is 25.5 Å². The van der Waals surface area contributed by atoms with Crippen molar-refractivity contribution in [1.82, 2.24) is 30.1 Å². The molecule has 0 aliphatic carbocycles. The highest BCUT2D eigenvalue weighted by Crippen LogP contribution is 2.36. The maximum Gasteiger partial charge on any atom is 0.262 e. The molecule has 0 saturated carbocycles. The lowest BCUT2D eigenvalue weighted by atomic mass is 9.97. The lowest BCUT2D eigenvalue weighted by Crippen LogP contribution is -2.54. The molecule has 2 aromatic heterocycles.